The molecule has 0 unspecified atom stereocenters. The summed E-state index contributed by atoms with van der Waals surface area (Å²) in [5, 5.41) is 0. The van der Waals surface area contributed by atoms with E-state index in [2.05, 4.69) is 6.58 Å². The van der Waals surface area contributed by atoms with Gasteiger partial charge in [-0.15, -0.1) is 6.58 Å². The second kappa shape index (κ2) is 3.35. The van der Waals surface area contributed by atoms with Crippen LogP contribution in [0.3, 0.4) is 0 Å². The van der Waals surface area contributed by atoms with E-state index in [1.807, 2.05) is 6.08 Å². The topological polar surface area (TPSA) is 17.1 Å². The molecule has 0 aromatic rings. The van der Waals surface area contributed by atoms with Crippen LogP contribution in [0.15, 0.2) is 24.3 Å². The van der Waals surface area contributed by atoms with E-state index in [4.69, 9.17) is 0 Å². The van der Waals surface area contributed by atoms with Gasteiger partial charge in [-0.25, -0.2) is 0 Å². The standard InChI is InChI=1S/C9H12O/c1-2-4-8-5-3-6-9(10)7-8/h2,7H,1,3-6H2. The van der Waals surface area contributed by atoms with E-state index in [1.54, 1.807) is 6.08 Å². The maximum absolute atomic E-state index is 10.8. The maximum atomic E-state index is 10.8. The lowest BCUT2D eigenvalue weighted by molar-refractivity contribution is -0.115. The van der Waals surface area contributed by atoms with E-state index in [0.29, 0.717) is 0 Å². The van der Waals surface area contributed by atoms with Crippen molar-refractivity contribution in [3.8, 4) is 0 Å². The van der Waals surface area contributed by atoms with Crippen molar-refractivity contribution in [3.63, 3.8) is 0 Å². The number of carbonyl (C=O) groups is 1. The molecule has 0 bridgehead atoms. The maximum Gasteiger partial charge on any atom is 0.155 e. The predicted octanol–water partition coefficient (Wildman–Crippen LogP) is 2.24. The summed E-state index contributed by atoms with van der Waals surface area (Å²) in [4.78, 5) is 10.8. The first-order valence-electron chi connectivity index (χ1n) is 3.66. The fourth-order valence-corrected chi connectivity index (χ4v) is 1.21. The van der Waals surface area contributed by atoms with Gasteiger partial charge in [0.1, 0.15) is 0 Å². The molecule has 0 saturated carbocycles. The molecule has 1 rings (SSSR count). The SMILES string of the molecule is C=CCC1=CC(=O)CCC1. The first-order valence-corrected chi connectivity index (χ1v) is 3.66. The molecule has 1 heteroatoms. The number of carbonyl (C=O) groups excluding carboxylic acids is 1. The number of allylic oxidation sites excluding steroid dienone is 3. The molecule has 0 aromatic heterocycles. The minimum absolute atomic E-state index is 0.281. The highest BCUT2D eigenvalue weighted by Crippen LogP contribution is 2.17. The Balaban J connectivity index is 2.56. The Morgan fingerprint density at radius 1 is 1.60 bits per heavy atom. The molecule has 0 aliphatic heterocycles. The van der Waals surface area contributed by atoms with Crippen LogP contribution in [0.2, 0.25) is 0 Å². The summed E-state index contributed by atoms with van der Waals surface area (Å²) in [6.07, 6.45) is 7.35. The van der Waals surface area contributed by atoms with Crippen molar-refractivity contribution in [2.75, 3.05) is 0 Å². The fourth-order valence-electron chi connectivity index (χ4n) is 1.21. The van der Waals surface area contributed by atoms with Crippen molar-refractivity contribution in [2.24, 2.45) is 0 Å². The molecule has 10 heavy (non-hydrogen) atoms. The molecule has 0 amide bonds. The van der Waals surface area contributed by atoms with Crippen molar-refractivity contribution < 1.29 is 4.79 Å². The van der Waals surface area contributed by atoms with Crippen LogP contribution >= 0.6 is 0 Å². The summed E-state index contributed by atoms with van der Waals surface area (Å²) in [6, 6.07) is 0. The van der Waals surface area contributed by atoms with Crippen LogP contribution in [0.25, 0.3) is 0 Å². The molecule has 0 radical (unpaired) electrons. The van der Waals surface area contributed by atoms with Crippen LogP contribution in [0.4, 0.5) is 0 Å². The lowest BCUT2D eigenvalue weighted by Gasteiger charge is -2.08. The van der Waals surface area contributed by atoms with E-state index in [0.717, 1.165) is 25.7 Å². The van der Waals surface area contributed by atoms with Crippen molar-refractivity contribution in [1.29, 1.82) is 0 Å². The lowest BCUT2D eigenvalue weighted by Crippen LogP contribution is -2.01. The zero-order valence-electron chi connectivity index (χ0n) is 6.10. The van der Waals surface area contributed by atoms with Gasteiger partial charge >= 0.3 is 0 Å². The molecule has 0 fully saturated rings. The van der Waals surface area contributed by atoms with Gasteiger partial charge in [0.25, 0.3) is 0 Å². The van der Waals surface area contributed by atoms with Gasteiger partial charge in [-0.1, -0.05) is 11.6 Å². The third-order valence-corrected chi connectivity index (χ3v) is 1.69. The summed E-state index contributed by atoms with van der Waals surface area (Å²) in [5.74, 6) is 0.281. The zero-order chi connectivity index (χ0) is 7.40. The van der Waals surface area contributed by atoms with E-state index >= 15 is 0 Å². The van der Waals surface area contributed by atoms with Gasteiger partial charge in [-0.05, 0) is 25.3 Å². The molecule has 0 saturated heterocycles. The van der Waals surface area contributed by atoms with E-state index in [-0.39, 0.29) is 5.78 Å². The molecule has 1 aliphatic rings. The van der Waals surface area contributed by atoms with Gasteiger partial charge in [-0.3, -0.25) is 4.79 Å². The highest BCUT2D eigenvalue weighted by atomic mass is 16.1. The average Bonchev–Trinajstić information content (AvgIpc) is 1.88. The minimum atomic E-state index is 0.281. The van der Waals surface area contributed by atoms with Crippen LogP contribution in [0.5, 0.6) is 0 Å². The molecular formula is C9H12O. The van der Waals surface area contributed by atoms with Crippen molar-refractivity contribution in [1.82, 2.24) is 0 Å². The molecule has 1 nitrogen and oxygen atoms in total. The number of rotatable bonds is 2. The fraction of sp³-hybridized carbons (Fsp3) is 0.444. The van der Waals surface area contributed by atoms with Gasteiger partial charge in [-0.2, -0.15) is 0 Å². The van der Waals surface area contributed by atoms with Crippen LogP contribution in [-0.2, 0) is 4.79 Å². The molecule has 54 valence electrons. The smallest absolute Gasteiger partial charge is 0.155 e. The monoisotopic (exact) mass is 136 g/mol. The first-order chi connectivity index (χ1) is 4.83. The Morgan fingerprint density at radius 3 is 3.00 bits per heavy atom. The third-order valence-electron chi connectivity index (χ3n) is 1.69. The Kier molecular flexibility index (Phi) is 2.43. The molecule has 0 atom stereocenters. The van der Waals surface area contributed by atoms with Gasteiger partial charge in [0.15, 0.2) is 5.78 Å². The predicted molar refractivity (Wildman–Crippen MR) is 41.8 cm³/mol. The molecule has 0 spiro atoms. The van der Waals surface area contributed by atoms with E-state index in [1.165, 1.54) is 5.57 Å². The molecule has 0 heterocycles. The summed E-state index contributed by atoms with van der Waals surface area (Å²) in [5.41, 5.74) is 1.24. The first kappa shape index (κ1) is 7.26. The average molecular weight is 136 g/mol. The second-order valence-electron chi connectivity index (χ2n) is 2.62. The van der Waals surface area contributed by atoms with Gasteiger partial charge in [0, 0.05) is 6.42 Å². The van der Waals surface area contributed by atoms with Gasteiger partial charge in [0.2, 0.25) is 0 Å². The molecule has 0 N–H and O–H groups in total. The minimum Gasteiger partial charge on any atom is -0.295 e. The Bertz CT molecular complexity index is 177. The zero-order valence-corrected chi connectivity index (χ0v) is 6.10. The highest BCUT2D eigenvalue weighted by molar-refractivity contribution is 5.91. The van der Waals surface area contributed by atoms with Gasteiger partial charge in [0.05, 0.1) is 0 Å². The van der Waals surface area contributed by atoms with E-state index in [9.17, 15) is 4.79 Å². The summed E-state index contributed by atoms with van der Waals surface area (Å²) in [6.45, 7) is 3.63. The molecule has 1 aliphatic carbocycles. The van der Waals surface area contributed by atoms with Crippen molar-refractivity contribution >= 4 is 5.78 Å². The normalized spacial score (nSPS) is 18.4. The Morgan fingerprint density at radius 2 is 2.40 bits per heavy atom. The van der Waals surface area contributed by atoms with Crippen LogP contribution in [0.1, 0.15) is 25.7 Å². The summed E-state index contributed by atoms with van der Waals surface area (Å²) < 4.78 is 0. The number of hydrogen-bond acceptors (Lipinski definition) is 1. The highest BCUT2D eigenvalue weighted by Gasteiger charge is 2.07. The van der Waals surface area contributed by atoms with Crippen LogP contribution < -0.4 is 0 Å². The number of ketones is 1. The summed E-state index contributed by atoms with van der Waals surface area (Å²) in [7, 11) is 0. The van der Waals surface area contributed by atoms with Gasteiger partial charge < -0.3 is 0 Å². The lowest BCUT2D eigenvalue weighted by atomic mass is 9.96. The van der Waals surface area contributed by atoms with Crippen LogP contribution in [-0.4, -0.2) is 5.78 Å². The van der Waals surface area contributed by atoms with Crippen molar-refractivity contribution in [2.45, 2.75) is 25.7 Å². The number of hydrogen-bond donors (Lipinski definition) is 0. The Labute approximate surface area is 61.4 Å². The second-order valence-corrected chi connectivity index (χ2v) is 2.62. The molecular weight excluding hydrogens is 124 g/mol. The molecule has 0 aromatic carbocycles. The quantitative estimate of drug-likeness (QED) is 0.532. The third kappa shape index (κ3) is 1.83. The van der Waals surface area contributed by atoms with Crippen molar-refractivity contribution in [3.05, 3.63) is 24.3 Å². The Hall–Kier alpha value is -0.850. The summed E-state index contributed by atoms with van der Waals surface area (Å²) >= 11 is 0. The van der Waals surface area contributed by atoms with Crippen LogP contribution in [0, 0.1) is 0 Å². The largest absolute Gasteiger partial charge is 0.295 e. The van der Waals surface area contributed by atoms with E-state index < -0.39 is 0 Å².